The van der Waals surface area contributed by atoms with Gasteiger partial charge in [0.2, 0.25) is 0 Å². The molecule has 0 unspecified atom stereocenters. The van der Waals surface area contributed by atoms with Gasteiger partial charge in [-0.2, -0.15) is 0 Å². The van der Waals surface area contributed by atoms with Gasteiger partial charge in [0.05, 0.1) is 12.7 Å². The second-order valence-corrected chi connectivity index (χ2v) is 10.4. The predicted octanol–water partition coefficient (Wildman–Crippen LogP) is 4.91. The van der Waals surface area contributed by atoms with Gasteiger partial charge in [-0.15, -0.1) is 0 Å². The molecule has 4 aromatic rings. The van der Waals surface area contributed by atoms with Crippen LogP contribution in [0.2, 0.25) is 0 Å². The number of benzene rings is 2. The Morgan fingerprint density at radius 1 is 1.05 bits per heavy atom. The lowest BCUT2D eigenvalue weighted by Crippen LogP contribution is -2.25. The van der Waals surface area contributed by atoms with E-state index in [4.69, 9.17) is 4.74 Å². The fourth-order valence-corrected chi connectivity index (χ4v) is 5.40. The molecule has 11 heteroatoms. The number of hydrogen-bond acceptors (Lipinski definition) is 7. The molecule has 9 nitrogen and oxygen atoms in total. The SMILES string of the molecule is CCCc1cc(=O)n2c(C(=O)Nc3ccc(I)cc3C)c(C(=O)Nc3ccc(C(=O)OC)cc3)sc2n1. The van der Waals surface area contributed by atoms with Crippen LogP contribution in [-0.4, -0.2) is 34.3 Å². The van der Waals surface area contributed by atoms with E-state index in [-0.39, 0.29) is 15.5 Å². The van der Waals surface area contributed by atoms with Crippen molar-refractivity contribution in [3.63, 3.8) is 0 Å². The van der Waals surface area contributed by atoms with Crippen molar-refractivity contribution in [2.45, 2.75) is 26.7 Å². The molecule has 37 heavy (non-hydrogen) atoms. The van der Waals surface area contributed by atoms with Crippen molar-refractivity contribution in [2.24, 2.45) is 0 Å². The Morgan fingerprint density at radius 2 is 1.78 bits per heavy atom. The molecule has 2 amide bonds. The van der Waals surface area contributed by atoms with Gasteiger partial charge in [-0.1, -0.05) is 24.7 Å². The van der Waals surface area contributed by atoms with E-state index in [1.165, 1.54) is 29.7 Å². The summed E-state index contributed by atoms with van der Waals surface area (Å²) in [7, 11) is 1.28. The molecule has 0 atom stereocenters. The van der Waals surface area contributed by atoms with Crippen LogP contribution in [0.25, 0.3) is 4.96 Å². The highest BCUT2D eigenvalue weighted by atomic mass is 127. The number of nitrogens with one attached hydrogen (secondary N) is 2. The number of hydrogen-bond donors (Lipinski definition) is 2. The van der Waals surface area contributed by atoms with E-state index in [0.29, 0.717) is 29.1 Å². The van der Waals surface area contributed by atoms with Gasteiger partial charge < -0.3 is 15.4 Å². The molecule has 0 saturated carbocycles. The molecule has 0 spiro atoms. The van der Waals surface area contributed by atoms with Crippen LogP contribution in [0, 0.1) is 10.5 Å². The molecule has 2 heterocycles. The monoisotopic (exact) mass is 630 g/mol. The van der Waals surface area contributed by atoms with Crippen LogP contribution >= 0.6 is 33.9 Å². The molecule has 0 fully saturated rings. The van der Waals surface area contributed by atoms with Gasteiger partial charge in [0.15, 0.2) is 4.96 Å². The summed E-state index contributed by atoms with van der Waals surface area (Å²) in [4.78, 5) is 56.4. The lowest BCUT2D eigenvalue weighted by molar-refractivity contribution is 0.0600. The number of thiazole rings is 1. The summed E-state index contributed by atoms with van der Waals surface area (Å²) in [6.45, 7) is 3.84. The molecule has 2 aromatic heterocycles. The van der Waals surface area contributed by atoms with E-state index in [2.05, 4.69) is 38.2 Å². The number of rotatable bonds is 7. The minimum absolute atomic E-state index is 0.0379. The number of anilines is 2. The number of amides is 2. The second kappa shape index (κ2) is 11.2. The number of carbonyl (C=O) groups is 3. The van der Waals surface area contributed by atoms with Gasteiger partial charge >= 0.3 is 5.97 Å². The molecule has 0 aliphatic rings. The number of nitrogens with zero attached hydrogens (tertiary/aromatic N) is 2. The summed E-state index contributed by atoms with van der Waals surface area (Å²) in [5.74, 6) is -1.68. The largest absolute Gasteiger partial charge is 0.465 e. The van der Waals surface area contributed by atoms with Crippen LogP contribution < -0.4 is 16.2 Å². The summed E-state index contributed by atoms with van der Waals surface area (Å²) in [5, 5.41) is 5.57. The Kier molecular flexibility index (Phi) is 8.03. The van der Waals surface area contributed by atoms with E-state index < -0.39 is 23.3 Å². The summed E-state index contributed by atoms with van der Waals surface area (Å²) in [5.41, 5.74) is 2.21. The average molecular weight is 630 g/mol. The van der Waals surface area contributed by atoms with E-state index in [0.717, 1.165) is 26.9 Å². The molecule has 2 aromatic carbocycles. The predicted molar refractivity (Wildman–Crippen MR) is 151 cm³/mol. The Balaban J connectivity index is 1.76. The zero-order valence-corrected chi connectivity index (χ0v) is 23.2. The summed E-state index contributed by atoms with van der Waals surface area (Å²) in [6.07, 6.45) is 1.39. The van der Waals surface area contributed by atoms with Gasteiger partial charge in [-0.3, -0.25) is 14.4 Å². The van der Waals surface area contributed by atoms with Crippen molar-refractivity contribution in [3.05, 3.63) is 89.8 Å². The van der Waals surface area contributed by atoms with Crippen molar-refractivity contribution < 1.29 is 19.1 Å². The molecule has 0 radical (unpaired) electrons. The third-order valence-electron chi connectivity index (χ3n) is 5.50. The van der Waals surface area contributed by atoms with E-state index >= 15 is 0 Å². The number of aryl methyl sites for hydroxylation is 2. The molecule has 2 N–H and O–H groups in total. The van der Waals surface area contributed by atoms with Crippen LogP contribution in [-0.2, 0) is 11.2 Å². The van der Waals surface area contributed by atoms with Gasteiger partial charge in [-0.25, -0.2) is 14.2 Å². The van der Waals surface area contributed by atoms with E-state index in [1.54, 1.807) is 18.2 Å². The maximum Gasteiger partial charge on any atom is 0.337 e. The first-order chi connectivity index (χ1) is 17.7. The standard InChI is InChI=1S/C26H23IN4O5S/c1-4-5-18-13-20(32)31-21(23(33)30-19-11-8-16(27)12-14(19)2)22(37-26(31)29-18)24(34)28-17-9-6-15(7-10-17)25(35)36-3/h6-13H,4-5H2,1-3H3,(H,28,34)(H,30,33). The van der Waals surface area contributed by atoms with Crippen molar-refractivity contribution in [1.82, 2.24) is 9.38 Å². The van der Waals surface area contributed by atoms with Crippen LogP contribution in [0.5, 0.6) is 0 Å². The highest BCUT2D eigenvalue weighted by Crippen LogP contribution is 2.25. The number of aromatic nitrogens is 2. The third-order valence-corrected chi connectivity index (χ3v) is 7.21. The molecular weight excluding hydrogens is 607 g/mol. The van der Waals surface area contributed by atoms with Crippen LogP contribution in [0.1, 0.15) is 55.1 Å². The summed E-state index contributed by atoms with van der Waals surface area (Å²) in [6, 6.07) is 13.1. The van der Waals surface area contributed by atoms with Crippen molar-refractivity contribution in [2.75, 3.05) is 17.7 Å². The second-order valence-electron chi connectivity index (χ2n) is 8.17. The quantitative estimate of drug-likeness (QED) is 0.221. The Hall–Kier alpha value is -3.58. The lowest BCUT2D eigenvalue weighted by Gasteiger charge is -2.10. The average Bonchev–Trinajstić information content (AvgIpc) is 3.26. The molecule has 0 aliphatic heterocycles. The van der Waals surface area contributed by atoms with Crippen molar-refractivity contribution in [1.29, 1.82) is 0 Å². The number of methoxy groups -OCH3 is 1. The zero-order chi connectivity index (χ0) is 26.7. The van der Waals surface area contributed by atoms with Gasteiger partial charge in [0, 0.05) is 26.7 Å². The number of halogens is 1. The van der Waals surface area contributed by atoms with Crippen molar-refractivity contribution >= 4 is 68.0 Å². The van der Waals surface area contributed by atoms with E-state index in [1.807, 2.05) is 26.0 Å². The first-order valence-electron chi connectivity index (χ1n) is 11.3. The Morgan fingerprint density at radius 3 is 2.43 bits per heavy atom. The first kappa shape index (κ1) is 26.5. The summed E-state index contributed by atoms with van der Waals surface area (Å²) >= 11 is 3.15. The topological polar surface area (TPSA) is 119 Å². The number of fused-ring (bicyclic) bond motifs is 1. The van der Waals surface area contributed by atoms with Gasteiger partial charge in [0.25, 0.3) is 17.4 Å². The number of esters is 1. The number of ether oxygens (including phenoxy) is 1. The smallest absolute Gasteiger partial charge is 0.337 e. The molecule has 0 saturated heterocycles. The fourth-order valence-electron chi connectivity index (χ4n) is 3.71. The van der Waals surface area contributed by atoms with Crippen LogP contribution in [0.15, 0.2) is 53.3 Å². The minimum Gasteiger partial charge on any atom is -0.465 e. The maximum atomic E-state index is 13.5. The molecular formula is C26H23IN4O5S. The number of carbonyl (C=O) groups excluding carboxylic acids is 3. The maximum absolute atomic E-state index is 13.5. The highest BCUT2D eigenvalue weighted by molar-refractivity contribution is 14.1. The molecule has 0 bridgehead atoms. The third kappa shape index (κ3) is 5.72. The normalized spacial score (nSPS) is 10.8. The Labute approximate surface area is 230 Å². The van der Waals surface area contributed by atoms with Crippen LogP contribution in [0.4, 0.5) is 11.4 Å². The molecule has 4 rings (SSSR count). The van der Waals surface area contributed by atoms with E-state index in [9.17, 15) is 19.2 Å². The van der Waals surface area contributed by atoms with Crippen molar-refractivity contribution in [3.8, 4) is 0 Å². The Bertz CT molecular complexity index is 1580. The van der Waals surface area contributed by atoms with Gasteiger partial charge in [-0.05, 0) is 84.0 Å². The minimum atomic E-state index is -0.603. The zero-order valence-electron chi connectivity index (χ0n) is 20.3. The highest BCUT2D eigenvalue weighted by Gasteiger charge is 2.27. The molecule has 190 valence electrons. The fraction of sp³-hybridized carbons (Fsp3) is 0.192. The first-order valence-corrected chi connectivity index (χ1v) is 13.2. The molecule has 0 aliphatic carbocycles. The summed E-state index contributed by atoms with van der Waals surface area (Å²) < 4.78 is 6.88. The lowest BCUT2D eigenvalue weighted by atomic mass is 10.2. The van der Waals surface area contributed by atoms with Gasteiger partial charge in [0.1, 0.15) is 10.6 Å². The van der Waals surface area contributed by atoms with Crippen LogP contribution in [0.3, 0.4) is 0 Å².